The second-order valence-corrected chi connectivity index (χ2v) is 23.0. The van der Waals surface area contributed by atoms with Gasteiger partial charge >= 0.3 is 5.97 Å². The van der Waals surface area contributed by atoms with E-state index < -0.39 is 33.0 Å². The van der Waals surface area contributed by atoms with Gasteiger partial charge in [0.1, 0.15) is 11.2 Å². The number of amides is 1. The van der Waals surface area contributed by atoms with Gasteiger partial charge < -0.3 is 25.0 Å². The number of carboxylic acids is 1. The number of para-hydroxylation sites is 1. The monoisotopic (exact) mass is 940 g/mol. The van der Waals surface area contributed by atoms with Crippen molar-refractivity contribution in [1.82, 2.24) is 29.8 Å². The highest BCUT2D eigenvalue weighted by Crippen LogP contribution is 2.72. The average Bonchev–Trinajstić information content (AvgIpc) is 3.84. The van der Waals surface area contributed by atoms with Crippen molar-refractivity contribution in [1.29, 1.82) is 0 Å². The molecule has 16 nitrogen and oxygen atoms in total. The number of fused-ring (bicyclic) bond motifs is 2. The van der Waals surface area contributed by atoms with Crippen LogP contribution in [0.3, 0.4) is 0 Å². The lowest BCUT2D eigenvalue weighted by molar-refractivity contribution is -0.247. The van der Waals surface area contributed by atoms with Crippen LogP contribution in [0, 0.1) is 23.2 Å². The summed E-state index contributed by atoms with van der Waals surface area (Å²) in [6, 6.07) is 16.4. The summed E-state index contributed by atoms with van der Waals surface area (Å²) in [5.41, 5.74) is 4.76. The number of aliphatic hydroxyl groups excluding tert-OH is 2. The molecule has 4 bridgehead atoms. The smallest absolute Gasteiger partial charge is 0.355 e. The summed E-state index contributed by atoms with van der Waals surface area (Å²) in [6.07, 6.45) is 8.35. The van der Waals surface area contributed by atoms with Crippen molar-refractivity contribution < 1.29 is 38.1 Å². The first kappa shape index (κ1) is 46.3. The highest BCUT2D eigenvalue weighted by molar-refractivity contribution is 7.90. The quantitative estimate of drug-likeness (QED) is 0.0547. The van der Waals surface area contributed by atoms with Crippen molar-refractivity contribution in [3.8, 4) is 11.1 Å². The highest BCUT2D eigenvalue weighted by atomic mass is 32.2. The molecule has 66 heavy (non-hydrogen) atoms. The molecule has 4 saturated carbocycles. The maximum absolute atomic E-state index is 13.7. The molecule has 4 aliphatic carbocycles. The molecule has 0 spiro atoms. The van der Waals surface area contributed by atoms with Gasteiger partial charge in [0.2, 0.25) is 10.0 Å². The van der Waals surface area contributed by atoms with Crippen LogP contribution in [0.5, 0.6) is 0 Å². The molecule has 2 aromatic carbocycles. The molecule has 5 aromatic rings. The molecule has 4 fully saturated rings. The maximum Gasteiger partial charge on any atom is 0.355 e. The molecule has 0 radical (unpaired) electrons. The van der Waals surface area contributed by atoms with Crippen LogP contribution < -0.4 is 20.3 Å². The molecular formula is C48H60N8O8S2. The topological polar surface area (TPSA) is 221 Å². The van der Waals surface area contributed by atoms with E-state index >= 15 is 0 Å². The van der Waals surface area contributed by atoms with E-state index in [1.807, 2.05) is 71.1 Å². The fourth-order valence-electron chi connectivity index (χ4n) is 12.8. The number of sulfonamides is 1. The van der Waals surface area contributed by atoms with Crippen molar-refractivity contribution in [3.05, 3.63) is 88.9 Å². The number of hydrogen-bond donors (Lipinski definition) is 6. The van der Waals surface area contributed by atoms with Crippen LogP contribution in [0.4, 0.5) is 10.9 Å². The Morgan fingerprint density at radius 2 is 1.70 bits per heavy atom. The largest absolute Gasteiger partial charge is 0.476 e. The number of aromatic nitrogens is 4. The minimum atomic E-state index is -3.80. The Balaban J connectivity index is 0.904. The van der Waals surface area contributed by atoms with Gasteiger partial charge in [-0.25, -0.2) is 27.9 Å². The predicted molar refractivity (Wildman–Crippen MR) is 253 cm³/mol. The third kappa shape index (κ3) is 9.00. The van der Waals surface area contributed by atoms with Crippen LogP contribution in [-0.4, -0.2) is 105 Å². The zero-order valence-corrected chi connectivity index (χ0v) is 39.6. The number of thiazole rings is 1. The van der Waals surface area contributed by atoms with E-state index in [4.69, 9.17) is 14.8 Å². The molecule has 3 unspecified atom stereocenters. The summed E-state index contributed by atoms with van der Waals surface area (Å²) in [6.45, 7) is 9.59. The first-order chi connectivity index (χ1) is 31.5. The number of aliphatic hydroxyl groups is 2. The van der Waals surface area contributed by atoms with Crippen LogP contribution in [-0.2, 0) is 34.3 Å². The lowest BCUT2D eigenvalue weighted by Gasteiger charge is -2.69. The molecule has 3 atom stereocenters. The molecule has 6 N–H and O–H groups in total. The summed E-state index contributed by atoms with van der Waals surface area (Å²) in [4.78, 5) is 38.0. The van der Waals surface area contributed by atoms with Gasteiger partial charge in [0.15, 0.2) is 10.8 Å². The number of ether oxygens (including phenoxy) is 1. The normalized spacial score (nSPS) is 25.1. The number of benzene rings is 2. The number of pyridine rings is 1. The van der Waals surface area contributed by atoms with Crippen LogP contribution in [0.2, 0.25) is 0 Å². The van der Waals surface area contributed by atoms with Crippen LogP contribution in [0.15, 0.2) is 60.8 Å². The number of nitrogens with zero attached hydrogens (tertiary/aromatic N) is 5. The molecule has 18 heteroatoms. The number of aromatic carboxylic acids is 1. The molecule has 4 heterocycles. The number of anilines is 2. The van der Waals surface area contributed by atoms with Crippen molar-refractivity contribution in [3.63, 3.8) is 0 Å². The molecule has 5 aliphatic rings. The first-order valence-corrected chi connectivity index (χ1v) is 25.2. The molecule has 0 saturated heterocycles. The first-order valence-electron chi connectivity index (χ1n) is 22.9. The predicted octanol–water partition coefficient (Wildman–Crippen LogP) is 6.11. The van der Waals surface area contributed by atoms with E-state index in [0.717, 1.165) is 65.6 Å². The van der Waals surface area contributed by atoms with Gasteiger partial charge in [0, 0.05) is 48.6 Å². The zero-order chi connectivity index (χ0) is 46.6. The molecule has 10 rings (SSSR count). The second-order valence-electron chi connectivity index (χ2n) is 20.0. The average molecular weight is 941 g/mol. The number of hydrogen-bond acceptors (Lipinski definition) is 13. The number of nitrogens with one attached hydrogen (secondary N) is 3. The zero-order valence-electron chi connectivity index (χ0n) is 38.0. The SMILES string of the molecule is CCC(NC(CO)CO)S(=O)(=O)NCCOC12CC3(C)CC(C)(CC(Cn4ncc(-c5ccc(N6CCc7cccc(C(=O)Nc8nc9ccccc9s8)c7C6)nc5C(=O)O)c4C)(C3)C1)C2. The third-order valence-corrected chi connectivity index (χ3v) is 17.2. The number of rotatable bonds is 18. The summed E-state index contributed by atoms with van der Waals surface area (Å²) in [5, 5.41) is 39.9. The standard InChI is InChI=1S/C48H60N8O8S2/c1-5-40(51-32(21-57)22-58)66(62,63)50-16-18-64-48-26-45(3)23-46(4,27-48)25-47(24-45,28-48)29-56-30(2)35(19-49-56)33-13-14-39(53-41(33)43(60)61)55-17-15-31-9-8-10-34(36(31)20-55)42(59)54-44-52-37-11-6-7-12-38(37)65-44/h6-14,19,32,40,50-51,57-58H,5,15-18,20-29H2,1-4H3,(H,60,61)(H,52,54,59). The van der Waals surface area contributed by atoms with Gasteiger partial charge in [-0.2, -0.15) is 5.10 Å². The Kier molecular flexibility index (Phi) is 12.4. The van der Waals surface area contributed by atoms with Crippen LogP contribution in [0.25, 0.3) is 21.3 Å². The number of carbonyl (C=O) groups excluding carboxylic acids is 1. The van der Waals surface area contributed by atoms with Crippen molar-refractivity contribution in [2.75, 3.05) is 43.1 Å². The van der Waals surface area contributed by atoms with E-state index in [-0.39, 0.29) is 60.6 Å². The molecule has 1 aliphatic heterocycles. The number of carbonyl (C=O) groups is 2. The number of carboxylic acid groups (broad SMARTS) is 1. The summed E-state index contributed by atoms with van der Waals surface area (Å²) < 4.78 is 38.8. The Morgan fingerprint density at radius 3 is 2.41 bits per heavy atom. The maximum atomic E-state index is 13.7. The minimum Gasteiger partial charge on any atom is -0.476 e. The van der Waals surface area contributed by atoms with Crippen LogP contribution >= 0.6 is 11.3 Å². The fraction of sp³-hybridized carbons (Fsp3) is 0.521. The second kappa shape index (κ2) is 17.7. The van der Waals surface area contributed by atoms with Gasteiger partial charge in [0.05, 0.1) is 47.9 Å². The van der Waals surface area contributed by atoms with Crippen molar-refractivity contribution >= 4 is 54.4 Å². The van der Waals surface area contributed by atoms with Gasteiger partial charge in [-0.1, -0.05) is 56.4 Å². The molecule has 352 valence electrons. The molecule has 3 aromatic heterocycles. The lowest BCUT2D eigenvalue weighted by Crippen LogP contribution is -2.64. The van der Waals surface area contributed by atoms with Gasteiger partial charge in [-0.15, -0.1) is 0 Å². The lowest BCUT2D eigenvalue weighted by atomic mass is 9.39. The molecule has 1 amide bonds. The van der Waals surface area contributed by atoms with Crippen LogP contribution in [0.1, 0.15) is 103 Å². The Bertz CT molecular complexity index is 2720. The van der Waals surface area contributed by atoms with E-state index in [1.165, 1.54) is 11.3 Å². The highest BCUT2D eigenvalue weighted by Gasteiger charge is 2.66. The van der Waals surface area contributed by atoms with E-state index in [0.29, 0.717) is 53.7 Å². The fourth-order valence-corrected chi connectivity index (χ4v) is 15.1. The van der Waals surface area contributed by atoms with Gasteiger partial charge in [-0.05, 0) is 116 Å². The summed E-state index contributed by atoms with van der Waals surface area (Å²) >= 11 is 1.42. The Labute approximate surface area is 389 Å². The van der Waals surface area contributed by atoms with E-state index in [1.54, 1.807) is 13.1 Å². The van der Waals surface area contributed by atoms with E-state index in [9.17, 15) is 33.3 Å². The summed E-state index contributed by atoms with van der Waals surface area (Å²) in [5.74, 6) is -0.875. The molecular weight excluding hydrogens is 881 g/mol. The Hall–Kier alpha value is -4.82. The van der Waals surface area contributed by atoms with E-state index in [2.05, 4.69) is 34.2 Å². The minimum absolute atomic E-state index is 0.0277. The Morgan fingerprint density at radius 1 is 0.939 bits per heavy atom. The summed E-state index contributed by atoms with van der Waals surface area (Å²) in [7, 11) is -3.80. The third-order valence-electron chi connectivity index (χ3n) is 14.4. The van der Waals surface area contributed by atoms with Crippen molar-refractivity contribution in [2.24, 2.45) is 16.2 Å². The van der Waals surface area contributed by atoms with Gasteiger partial charge in [0.25, 0.3) is 5.91 Å². The van der Waals surface area contributed by atoms with Crippen molar-refractivity contribution in [2.45, 2.75) is 109 Å². The van der Waals surface area contributed by atoms with Gasteiger partial charge in [-0.3, -0.25) is 20.1 Å².